The average Bonchev–Trinajstić information content (AvgIpc) is 2.15. The molecule has 0 heterocycles. The summed E-state index contributed by atoms with van der Waals surface area (Å²) < 4.78 is 25.7. The Balaban J connectivity index is 2.77. The molecule has 1 aromatic carbocycles. The lowest BCUT2D eigenvalue weighted by Crippen LogP contribution is -2.25. The third-order valence-corrected chi connectivity index (χ3v) is 3.67. The predicted octanol–water partition coefficient (Wildman–Crippen LogP) is 1.46. The molecule has 0 bridgehead atoms. The van der Waals surface area contributed by atoms with Gasteiger partial charge in [-0.25, -0.2) is 8.42 Å². The van der Waals surface area contributed by atoms with Gasteiger partial charge in [-0.3, -0.25) is 9.52 Å². The Bertz CT molecular complexity index is 510. The van der Waals surface area contributed by atoms with Crippen LogP contribution >= 0.6 is 0 Å². The van der Waals surface area contributed by atoms with Gasteiger partial charge < -0.3 is 5.11 Å². The first-order chi connectivity index (χ1) is 7.80. The molecule has 0 aliphatic carbocycles. The topological polar surface area (TPSA) is 83.5 Å². The molecule has 2 N–H and O–H groups in total. The summed E-state index contributed by atoms with van der Waals surface area (Å²) in [5.41, 5.74) is 1.37. The maximum absolute atomic E-state index is 11.7. The number of aliphatic carboxylic acids is 1. The van der Waals surface area contributed by atoms with E-state index in [1.54, 1.807) is 18.2 Å². The number of aryl methyl sites for hydroxylation is 1. The Labute approximate surface area is 101 Å². The molecule has 0 aliphatic heterocycles. The van der Waals surface area contributed by atoms with E-state index in [9.17, 15) is 13.2 Å². The number of hydrogen-bond acceptors (Lipinski definition) is 3. The Kier molecular flexibility index (Phi) is 4.11. The van der Waals surface area contributed by atoms with Crippen LogP contribution in [0.3, 0.4) is 0 Å². The van der Waals surface area contributed by atoms with Crippen LogP contribution in [0, 0.1) is 12.8 Å². The first kappa shape index (κ1) is 13.5. The summed E-state index contributed by atoms with van der Waals surface area (Å²) in [5, 5.41) is 8.66. The lowest BCUT2D eigenvalue weighted by molar-refractivity contribution is -0.140. The van der Waals surface area contributed by atoms with E-state index in [0.29, 0.717) is 5.69 Å². The Morgan fingerprint density at radius 1 is 1.47 bits per heavy atom. The second kappa shape index (κ2) is 5.18. The minimum Gasteiger partial charge on any atom is -0.481 e. The van der Waals surface area contributed by atoms with Gasteiger partial charge in [-0.05, 0) is 24.6 Å². The van der Waals surface area contributed by atoms with Crippen molar-refractivity contribution in [2.24, 2.45) is 5.92 Å². The Hall–Kier alpha value is -1.56. The summed E-state index contributed by atoms with van der Waals surface area (Å²) in [4.78, 5) is 10.6. The number of hydrogen-bond donors (Lipinski definition) is 2. The number of carbonyl (C=O) groups is 1. The molecule has 0 aromatic heterocycles. The lowest BCUT2D eigenvalue weighted by Gasteiger charge is -2.10. The van der Waals surface area contributed by atoms with E-state index in [-0.39, 0.29) is 0 Å². The molecule has 0 amide bonds. The number of anilines is 1. The SMILES string of the molecule is Cc1cccc(NS(=O)(=O)CC(C)C(=O)O)c1. The van der Waals surface area contributed by atoms with Crippen molar-refractivity contribution in [2.45, 2.75) is 13.8 Å². The van der Waals surface area contributed by atoms with Crippen LogP contribution in [0.15, 0.2) is 24.3 Å². The van der Waals surface area contributed by atoms with Gasteiger partial charge in [0, 0.05) is 5.69 Å². The molecule has 0 saturated heterocycles. The van der Waals surface area contributed by atoms with Gasteiger partial charge in [0.1, 0.15) is 0 Å². The highest BCUT2D eigenvalue weighted by Gasteiger charge is 2.20. The quantitative estimate of drug-likeness (QED) is 0.836. The smallest absolute Gasteiger partial charge is 0.307 e. The van der Waals surface area contributed by atoms with Crippen molar-refractivity contribution in [3.8, 4) is 0 Å². The standard InChI is InChI=1S/C11H15NO4S/c1-8-4-3-5-10(6-8)12-17(15,16)7-9(2)11(13)14/h3-6,9,12H,7H2,1-2H3,(H,13,14). The molecular formula is C11H15NO4S. The number of rotatable bonds is 5. The van der Waals surface area contributed by atoms with Gasteiger partial charge in [0.25, 0.3) is 0 Å². The fourth-order valence-electron chi connectivity index (χ4n) is 1.33. The number of sulfonamides is 1. The maximum atomic E-state index is 11.7. The predicted molar refractivity (Wildman–Crippen MR) is 65.4 cm³/mol. The zero-order chi connectivity index (χ0) is 13.1. The average molecular weight is 257 g/mol. The van der Waals surface area contributed by atoms with Crippen molar-refractivity contribution in [2.75, 3.05) is 10.5 Å². The van der Waals surface area contributed by atoms with Crippen molar-refractivity contribution < 1.29 is 18.3 Å². The molecule has 1 unspecified atom stereocenters. The second-order valence-electron chi connectivity index (χ2n) is 3.99. The van der Waals surface area contributed by atoms with Crippen LogP contribution in [-0.4, -0.2) is 25.2 Å². The van der Waals surface area contributed by atoms with E-state index in [0.717, 1.165) is 5.56 Å². The van der Waals surface area contributed by atoms with Crippen LogP contribution in [0.25, 0.3) is 0 Å². The van der Waals surface area contributed by atoms with Crippen LogP contribution in [0.1, 0.15) is 12.5 Å². The highest BCUT2D eigenvalue weighted by atomic mass is 32.2. The minimum atomic E-state index is -3.63. The van der Waals surface area contributed by atoms with Crippen molar-refractivity contribution in [3.63, 3.8) is 0 Å². The molecule has 0 radical (unpaired) electrons. The normalized spacial score (nSPS) is 13.1. The summed E-state index contributed by atoms with van der Waals surface area (Å²) in [6, 6.07) is 6.88. The molecule has 0 saturated carbocycles. The molecule has 0 aliphatic rings. The van der Waals surface area contributed by atoms with Crippen LogP contribution in [-0.2, 0) is 14.8 Å². The van der Waals surface area contributed by atoms with E-state index < -0.39 is 27.7 Å². The summed E-state index contributed by atoms with van der Waals surface area (Å²) in [7, 11) is -3.63. The van der Waals surface area contributed by atoms with Crippen LogP contribution < -0.4 is 4.72 Å². The fourth-order valence-corrected chi connectivity index (χ4v) is 2.70. The highest BCUT2D eigenvalue weighted by Crippen LogP contribution is 2.13. The van der Waals surface area contributed by atoms with E-state index in [1.165, 1.54) is 6.92 Å². The van der Waals surface area contributed by atoms with Gasteiger partial charge in [0.2, 0.25) is 10.0 Å². The van der Waals surface area contributed by atoms with E-state index in [1.807, 2.05) is 13.0 Å². The zero-order valence-electron chi connectivity index (χ0n) is 9.67. The third kappa shape index (κ3) is 4.44. The van der Waals surface area contributed by atoms with Crippen LogP contribution in [0.5, 0.6) is 0 Å². The lowest BCUT2D eigenvalue weighted by atomic mass is 10.2. The molecule has 1 aromatic rings. The summed E-state index contributed by atoms with van der Waals surface area (Å²) in [5.74, 6) is -2.49. The Morgan fingerprint density at radius 2 is 2.12 bits per heavy atom. The largest absolute Gasteiger partial charge is 0.481 e. The van der Waals surface area contributed by atoms with Crippen molar-refractivity contribution in [1.29, 1.82) is 0 Å². The fraction of sp³-hybridized carbons (Fsp3) is 0.364. The van der Waals surface area contributed by atoms with Gasteiger partial charge >= 0.3 is 5.97 Å². The van der Waals surface area contributed by atoms with E-state index >= 15 is 0 Å². The first-order valence-electron chi connectivity index (χ1n) is 5.10. The monoisotopic (exact) mass is 257 g/mol. The Morgan fingerprint density at radius 3 is 2.65 bits per heavy atom. The molecular weight excluding hydrogens is 242 g/mol. The summed E-state index contributed by atoms with van der Waals surface area (Å²) >= 11 is 0. The van der Waals surface area contributed by atoms with Gasteiger partial charge in [-0.1, -0.05) is 19.1 Å². The molecule has 0 spiro atoms. The van der Waals surface area contributed by atoms with Crippen LogP contribution in [0.2, 0.25) is 0 Å². The molecule has 6 heteroatoms. The summed E-state index contributed by atoms with van der Waals surface area (Å²) in [6.45, 7) is 3.20. The maximum Gasteiger partial charge on any atom is 0.307 e. The van der Waals surface area contributed by atoms with E-state index in [2.05, 4.69) is 4.72 Å². The molecule has 5 nitrogen and oxygen atoms in total. The zero-order valence-corrected chi connectivity index (χ0v) is 10.5. The first-order valence-corrected chi connectivity index (χ1v) is 6.75. The third-order valence-electron chi connectivity index (χ3n) is 2.18. The summed E-state index contributed by atoms with van der Waals surface area (Å²) in [6.07, 6.45) is 0. The molecule has 17 heavy (non-hydrogen) atoms. The van der Waals surface area contributed by atoms with Crippen LogP contribution in [0.4, 0.5) is 5.69 Å². The van der Waals surface area contributed by atoms with Crippen molar-refractivity contribution in [1.82, 2.24) is 0 Å². The highest BCUT2D eigenvalue weighted by molar-refractivity contribution is 7.92. The second-order valence-corrected chi connectivity index (χ2v) is 5.76. The number of benzene rings is 1. The molecule has 94 valence electrons. The molecule has 1 rings (SSSR count). The molecule has 1 atom stereocenters. The van der Waals surface area contributed by atoms with Gasteiger partial charge in [-0.2, -0.15) is 0 Å². The van der Waals surface area contributed by atoms with Gasteiger partial charge in [-0.15, -0.1) is 0 Å². The van der Waals surface area contributed by atoms with Crippen molar-refractivity contribution in [3.05, 3.63) is 29.8 Å². The number of carboxylic acid groups (broad SMARTS) is 1. The van der Waals surface area contributed by atoms with E-state index in [4.69, 9.17) is 5.11 Å². The van der Waals surface area contributed by atoms with Gasteiger partial charge in [0.15, 0.2) is 0 Å². The van der Waals surface area contributed by atoms with Gasteiger partial charge in [0.05, 0.1) is 11.7 Å². The van der Waals surface area contributed by atoms with Crippen molar-refractivity contribution >= 4 is 21.7 Å². The number of nitrogens with one attached hydrogen (secondary N) is 1. The number of carboxylic acids is 1. The minimum absolute atomic E-state index is 0.434. The molecule has 0 fully saturated rings.